The van der Waals surface area contributed by atoms with Crippen LogP contribution in [0.3, 0.4) is 0 Å². The Hall–Kier alpha value is -10.0. The van der Waals surface area contributed by atoms with Crippen molar-refractivity contribution < 1.29 is 39.0 Å². The summed E-state index contributed by atoms with van der Waals surface area (Å²) in [7, 11) is 0. The van der Waals surface area contributed by atoms with Gasteiger partial charge in [0.15, 0.2) is 12.5 Å². The summed E-state index contributed by atoms with van der Waals surface area (Å²) >= 11 is 0. The van der Waals surface area contributed by atoms with Crippen LogP contribution in [-0.4, -0.2) is 71.8 Å². The largest absolute Gasteiger partial charge is 0.371 e. The van der Waals surface area contributed by atoms with E-state index in [4.69, 9.17) is 0 Å². The third kappa shape index (κ3) is 10.4. The summed E-state index contributed by atoms with van der Waals surface area (Å²) in [6, 6.07) is 47.4. The number of aliphatic hydroxyl groups is 2. The number of carbonyl (C=O) groups is 6. The Bertz CT molecular complexity index is 4640. The molecule has 496 valence electrons. The fourth-order valence-electron chi connectivity index (χ4n) is 16.3. The molecule has 11 aromatic carbocycles. The minimum atomic E-state index is -1.41. The number of fused-ring (bicyclic) bond motifs is 2. The maximum Gasteiger partial charge on any atom is 0.265 e. The summed E-state index contributed by atoms with van der Waals surface area (Å²) < 4.78 is 0. The molecule has 0 bridgehead atoms. The van der Waals surface area contributed by atoms with E-state index in [1.165, 1.54) is 45.3 Å². The van der Waals surface area contributed by atoms with Gasteiger partial charge in [-0.05, 0) is 155 Å². The van der Waals surface area contributed by atoms with E-state index in [1.807, 2.05) is 84.9 Å². The van der Waals surface area contributed by atoms with Crippen molar-refractivity contribution in [2.75, 3.05) is 55.6 Å². The van der Waals surface area contributed by atoms with Crippen LogP contribution in [0.2, 0.25) is 0 Å². The summed E-state index contributed by atoms with van der Waals surface area (Å²) in [6.45, 7) is 12.5. The Balaban J connectivity index is 0.688. The Morgan fingerprint density at radius 3 is 0.918 bits per heavy atom. The van der Waals surface area contributed by atoms with Crippen molar-refractivity contribution in [2.24, 2.45) is 0 Å². The van der Waals surface area contributed by atoms with Gasteiger partial charge in [0.05, 0.1) is 11.4 Å². The number of hydrogen-bond donors (Lipinski definition) is 2. The number of amides is 6. The minimum absolute atomic E-state index is 0.337. The van der Waals surface area contributed by atoms with Crippen LogP contribution in [0.1, 0.15) is 216 Å². The van der Waals surface area contributed by atoms with E-state index < -0.39 is 47.9 Å². The Morgan fingerprint density at radius 1 is 0.286 bits per heavy atom. The van der Waals surface area contributed by atoms with Crippen molar-refractivity contribution in [2.45, 2.75) is 143 Å². The van der Waals surface area contributed by atoms with Crippen LogP contribution in [0.4, 0.5) is 34.1 Å². The highest BCUT2D eigenvalue weighted by Gasteiger charge is 2.41. The van der Waals surface area contributed by atoms with Crippen molar-refractivity contribution in [1.29, 1.82) is 0 Å². The fourth-order valence-corrected chi connectivity index (χ4v) is 16.3. The first kappa shape index (κ1) is 64.0. The lowest BCUT2D eigenvalue weighted by Gasteiger charge is -2.36. The Kier molecular flexibility index (Phi) is 17.3. The number of carbonyl (C=O) groups excluding carboxylic acids is 6. The molecule has 14 heteroatoms. The van der Waals surface area contributed by atoms with E-state index in [0.717, 1.165) is 158 Å². The molecule has 0 spiro atoms. The molecule has 0 aliphatic carbocycles. The molecule has 0 fully saturated rings. The maximum absolute atomic E-state index is 15.0. The molecule has 11 aromatic rings. The molecule has 4 heterocycles. The standard InChI is InChI=1S/C84H82N6O8/c1-5-9-13-17-47-85(48-18-14-10-6-2)69-45-43-63-71-59(69)23-21-25-61(71)77(91)87(79(63)93)51-27-31-53(32-28-51)89-81(95)65-39-35-55-57-37-41-67-76-68(42-38-58(74(57)76)56-36-40-66(82(89)96)75(65)73(55)56)84(98)90(83(67)97)54-33-29-52(30-34-54)88-78(92)62-26-22-24-60-70(46-44-64(72(60)62)80(88)94)86(49-19-15-11-7-3)50-20-16-12-8-4/h21-46,81,83,95,97H,5-20,47-50H2,1-4H3. The number of benzene rings is 11. The lowest BCUT2D eigenvalue weighted by Crippen LogP contribution is -2.41. The van der Waals surface area contributed by atoms with Gasteiger partial charge in [-0.25, -0.2) is 9.80 Å². The smallest absolute Gasteiger partial charge is 0.265 e. The van der Waals surface area contributed by atoms with Crippen LogP contribution in [0, 0.1) is 0 Å². The first-order valence-corrected chi connectivity index (χ1v) is 35.7. The molecule has 4 aliphatic heterocycles. The normalized spacial score (nSPS) is 15.9. The molecule has 4 aliphatic rings. The van der Waals surface area contributed by atoms with Crippen LogP contribution < -0.4 is 29.4 Å². The van der Waals surface area contributed by atoms with Crippen LogP contribution in [-0.2, 0) is 0 Å². The number of hydrogen-bond acceptors (Lipinski definition) is 10. The van der Waals surface area contributed by atoms with Crippen molar-refractivity contribution in [3.05, 3.63) is 202 Å². The molecular formula is C84H82N6O8. The predicted octanol–water partition coefficient (Wildman–Crippen LogP) is 18.9. The molecule has 98 heavy (non-hydrogen) atoms. The van der Waals surface area contributed by atoms with Gasteiger partial charge >= 0.3 is 0 Å². The molecule has 0 aromatic heterocycles. The second-order valence-electron chi connectivity index (χ2n) is 27.2. The molecular weight excluding hydrogens is 1220 g/mol. The molecule has 2 unspecified atom stereocenters. The molecule has 2 N–H and O–H groups in total. The third-order valence-electron chi connectivity index (χ3n) is 21.3. The lowest BCUT2D eigenvalue weighted by atomic mass is 9.82. The molecule has 6 amide bonds. The first-order chi connectivity index (χ1) is 47.9. The van der Waals surface area contributed by atoms with Gasteiger partial charge in [-0.1, -0.05) is 165 Å². The quantitative estimate of drug-likeness (QED) is 0.0231. The summed E-state index contributed by atoms with van der Waals surface area (Å²) in [6.07, 6.45) is 15.4. The van der Waals surface area contributed by atoms with E-state index >= 15 is 0 Å². The SMILES string of the molecule is CCCCCCN(CCCCCC)c1ccc2c3c(cccc13)C(=O)N(c1ccc(N3C(=O)c4ccc5c6ccc7c8c(ccc(c9ccc(c4c59)C3O)c86)C(O)N(c3ccc(N4C(=O)c5cccc6c(N(CCCCCC)CCCCCC)ccc(c56)C4=O)cc3)C7=O)cc1)C2=O. The van der Waals surface area contributed by atoms with Crippen molar-refractivity contribution in [1.82, 2.24) is 0 Å². The van der Waals surface area contributed by atoms with Gasteiger partial charge in [0.25, 0.3) is 35.4 Å². The third-order valence-corrected chi connectivity index (χ3v) is 21.3. The summed E-state index contributed by atoms with van der Waals surface area (Å²) in [4.78, 5) is 98.3. The monoisotopic (exact) mass is 1300 g/mol. The maximum atomic E-state index is 15.0. The van der Waals surface area contributed by atoms with Gasteiger partial charge in [-0.2, -0.15) is 0 Å². The zero-order valence-corrected chi connectivity index (χ0v) is 56.3. The Labute approximate surface area is 571 Å². The van der Waals surface area contributed by atoms with Gasteiger partial charge in [-0.15, -0.1) is 0 Å². The average molecular weight is 1300 g/mol. The van der Waals surface area contributed by atoms with Crippen molar-refractivity contribution in [3.63, 3.8) is 0 Å². The molecule has 15 rings (SSSR count). The second-order valence-corrected chi connectivity index (χ2v) is 27.2. The molecule has 0 saturated carbocycles. The summed E-state index contributed by atoms with van der Waals surface area (Å²) in [5, 5.41) is 33.9. The average Bonchev–Trinajstić information content (AvgIpc) is 0.689. The Morgan fingerprint density at radius 2 is 0.582 bits per heavy atom. The topological polar surface area (TPSA) is 162 Å². The fraction of sp³-hybridized carbons (Fsp3) is 0.310. The number of unbranched alkanes of at least 4 members (excludes halogenated alkanes) is 12. The zero-order valence-electron chi connectivity index (χ0n) is 56.3. The predicted molar refractivity (Wildman–Crippen MR) is 395 cm³/mol. The number of aliphatic hydroxyl groups excluding tert-OH is 2. The van der Waals surface area contributed by atoms with Crippen LogP contribution in [0.25, 0.3) is 64.6 Å². The zero-order chi connectivity index (χ0) is 67.6. The molecule has 14 nitrogen and oxygen atoms in total. The number of imide groups is 2. The highest BCUT2D eigenvalue weighted by molar-refractivity contribution is 6.40. The van der Waals surface area contributed by atoms with Crippen LogP contribution >= 0.6 is 0 Å². The first-order valence-electron chi connectivity index (χ1n) is 35.7. The highest BCUT2D eigenvalue weighted by atomic mass is 16.3. The summed E-state index contributed by atoms with van der Waals surface area (Å²) in [5.74, 6) is -2.58. The van der Waals surface area contributed by atoms with Crippen LogP contribution in [0.15, 0.2) is 158 Å². The van der Waals surface area contributed by atoms with E-state index in [9.17, 15) is 39.0 Å². The van der Waals surface area contributed by atoms with E-state index in [-0.39, 0.29) is 0 Å². The molecule has 0 saturated heterocycles. The number of anilines is 6. The second kappa shape index (κ2) is 26.4. The summed E-state index contributed by atoms with van der Waals surface area (Å²) in [5.41, 5.74) is 7.12. The van der Waals surface area contributed by atoms with Gasteiger partial charge in [0, 0.05) is 126 Å². The number of nitrogens with zero attached hydrogens (tertiary/aromatic N) is 6. The van der Waals surface area contributed by atoms with Gasteiger partial charge < -0.3 is 20.0 Å². The molecule has 2 atom stereocenters. The van der Waals surface area contributed by atoms with Gasteiger partial charge in [0.2, 0.25) is 0 Å². The van der Waals surface area contributed by atoms with E-state index in [1.54, 1.807) is 72.8 Å². The minimum Gasteiger partial charge on any atom is -0.371 e. The van der Waals surface area contributed by atoms with Crippen molar-refractivity contribution >= 4 is 134 Å². The van der Waals surface area contributed by atoms with Gasteiger partial charge in [0.1, 0.15) is 0 Å². The lowest BCUT2D eigenvalue weighted by molar-refractivity contribution is 0.0869. The van der Waals surface area contributed by atoms with E-state index in [0.29, 0.717) is 88.8 Å². The molecule has 0 radical (unpaired) electrons. The van der Waals surface area contributed by atoms with E-state index in [2.05, 4.69) is 37.5 Å². The van der Waals surface area contributed by atoms with Crippen LogP contribution in [0.5, 0.6) is 0 Å². The number of rotatable bonds is 26. The van der Waals surface area contributed by atoms with Gasteiger partial charge in [-0.3, -0.25) is 38.6 Å². The highest BCUT2D eigenvalue weighted by Crippen LogP contribution is 2.51. The van der Waals surface area contributed by atoms with Crippen molar-refractivity contribution in [3.8, 4) is 0 Å².